The van der Waals surface area contributed by atoms with Gasteiger partial charge in [0.15, 0.2) is 0 Å². The summed E-state index contributed by atoms with van der Waals surface area (Å²) in [5.41, 5.74) is 2.10. The first-order valence-electron chi connectivity index (χ1n) is 10.1. The van der Waals surface area contributed by atoms with Crippen LogP contribution >= 0.6 is 0 Å². The van der Waals surface area contributed by atoms with Gasteiger partial charge in [-0.25, -0.2) is 8.42 Å². The number of likely N-dealkylation sites (N-methyl/N-ethyl adjacent to an activating group) is 2. The predicted octanol–water partition coefficient (Wildman–Crippen LogP) is 1.52. The van der Waals surface area contributed by atoms with E-state index in [1.165, 1.54) is 15.3 Å². The number of methoxy groups -OCH3 is 1. The zero-order valence-corrected chi connectivity index (χ0v) is 18.4. The molecule has 3 aliphatic rings. The average molecular weight is 442 g/mol. The van der Waals surface area contributed by atoms with Crippen LogP contribution < -0.4 is 14.5 Å². The number of fused-ring (bicyclic) bond motifs is 3. The fourth-order valence-corrected chi connectivity index (χ4v) is 6.55. The van der Waals surface area contributed by atoms with Crippen molar-refractivity contribution in [1.29, 1.82) is 0 Å². The third kappa shape index (κ3) is 2.66. The summed E-state index contributed by atoms with van der Waals surface area (Å²) in [4.78, 5) is 28.5. The van der Waals surface area contributed by atoms with Gasteiger partial charge in [0.05, 0.1) is 23.8 Å². The van der Waals surface area contributed by atoms with Crippen molar-refractivity contribution in [3.63, 3.8) is 0 Å². The molecule has 3 aliphatic heterocycles. The van der Waals surface area contributed by atoms with Crippen molar-refractivity contribution in [2.45, 2.75) is 23.2 Å². The van der Waals surface area contributed by atoms with Crippen LogP contribution in [0.2, 0.25) is 0 Å². The predicted molar refractivity (Wildman–Crippen MR) is 115 cm³/mol. The molecule has 2 aromatic rings. The Balaban J connectivity index is 1.51. The molecule has 0 unspecified atom stereocenters. The van der Waals surface area contributed by atoms with Crippen molar-refractivity contribution < 1.29 is 22.7 Å². The van der Waals surface area contributed by atoms with Gasteiger partial charge in [-0.1, -0.05) is 0 Å². The van der Waals surface area contributed by atoms with Gasteiger partial charge in [-0.05, 0) is 53.9 Å². The molecule has 162 valence electrons. The van der Waals surface area contributed by atoms with Gasteiger partial charge in [0.1, 0.15) is 5.75 Å². The van der Waals surface area contributed by atoms with Crippen molar-refractivity contribution in [3.8, 4) is 5.75 Å². The maximum atomic E-state index is 13.4. The lowest BCUT2D eigenvalue weighted by atomic mass is 9.81. The molecule has 1 fully saturated rings. The minimum Gasteiger partial charge on any atom is -0.497 e. The van der Waals surface area contributed by atoms with Gasteiger partial charge < -0.3 is 14.5 Å². The van der Waals surface area contributed by atoms with E-state index in [-0.39, 0.29) is 36.2 Å². The Kier molecular flexibility index (Phi) is 4.22. The molecule has 0 aliphatic carbocycles. The van der Waals surface area contributed by atoms with Crippen LogP contribution in [0.5, 0.6) is 5.75 Å². The van der Waals surface area contributed by atoms with Gasteiger partial charge in [-0.15, -0.1) is 0 Å². The highest BCUT2D eigenvalue weighted by atomic mass is 32.2. The molecular formula is C22H23N3O5S. The van der Waals surface area contributed by atoms with Gasteiger partial charge in [-0.2, -0.15) is 4.31 Å². The van der Waals surface area contributed by atoms with Crippen LogP contribution in [0.3, 0.4) is 0 Å². The summed E-state index contributed by atoms with van der Waals surface area (Å²) < 4.78 is 33.6. The number of carbonyl (C=O) groups is 2. The molecule has 3 heterocycles. The van der Waals surface area contributed by atoms with Crippen LogP contribution in [0.15, 0.2) is 41.3 Å². The molecule has 1 atom stereocenters. The quantitative estimate of drug-likeness (QED) is 0.721. The molecule has 2 aromatic carbocycles. The van der Waals surface area contributed by atoms with E-state index in [0.717, 1.165) is 16.9 Å². The first kappa shape index (κ1) is 20.0. The number of amides is 2. The molecule has 0 radical (unpaired) electrons. The maximum absolute atomic E-state index is 13.4. The number of hydrogen-bond donors (Lipinski definition) is 0. The number of rotatable bonds is 3. The van der Waals surface area contributed by atoms with Crippen LogP contribution in [0.4, 0.5) is 11.4 Å². The molecule has 0 aromatic heterocycles. The minimum atomic E-state index is -3.82. The summed E-state index contributed by atoms with van der Waals surface area (Å²) in [6, 6.07) is 10.3. The molecule has 8 nitrogen and oxygen atoms in total. The lowest BCUT2D eigenvalue weighted by Crippen LogP contribution is -2.42. The molecule has 2 amide bonds. The fraction of sp³-hybridized carbons (Fsp3) is 0.364. The van der Waals surface area contributed by atoms with E-state index in [4.69, 9.17) is 4.74 Å². The number of sulfonamides is 1. The van der Waals surface area contributed by atoms with E-state index in [0.29, 0.717) is 17.7 Å². The summed E-state index contributed by atoms with van der Waals surface area (Å²) in [5, 5.41) is 0. The molecule has 0 bridgehead atoms. The highest BCUT2D eigenvalue weighted by Gasteiger charge is 2.55. The Morgan fingerprint density at radius 1 is 1.00 bits per heavy atom. The van der Waals surface area contributed by atoms with Gasteiger partial charge in [0.2, 0.25) is 21.8 Å². The summed E-state index contributed by atoms with van der Waals surface area (Å²) >= 11 is 0. The Hall–Kier alpha value is -2.91. The van der Waals surface area contributed by atoms with Crippen molar-refractivity contribution in [1.82, 2.24) is 4.31 Å². The number of hydrogen-bond acceptors (Lipinski definition) is 5. The fourth-order valence-electron chi connectivity index (χ4n) is 4.99. The molecular weight excluding hydrogens is 418 g/mol. The monoisotopic (exact) mass is 441 g/mol. The van der Waals surface area contributed by atoms with E-state index >= 15 is 0 Å². The van der Waals surface area contributed by atoms with Gasteiger partial charge >= 0.3 is 0 Å². The topological polar surface area (TPSA) is 87.2 Å². The van der Waals surface area contributed by atoms with E-state index in [9.17, 15) is 18.0 Å². The van der Waals surface area contributed by atoms with Crippen LogP contribution in [-0.2, 0) is 31.4 Å². The van der Waals surface area contributed by atoms with Crippen molar-refractivity contribution in [3.05, 3.63) is 47.5 Å². The second-order valence-electron chi connectivity index (χ2n) is 8.34. The SMILES string of the molecule is COc1ccc2c(c1)[C@]1(CCN(S(=O)(=O)c3ccc4c(c3)CC(=O)N4C)C1)C(=O)N2C. The van der Waals surface area contributed by atoms with E-state index in [1.54, 1.807) is 44.3 Å². The van der Waals surface area contributed by atoms with Gasteiger partial charge in [0, 0.05) is 38.6 Å². The summed E-state index contributed by atoms with van der Waals surface area (Å²) in [7, 11) is 1.15. The normalized spacial score (nSPS) is 23.1. The van der Waals surface area contributed by atoms with Crippen LogP contribution in [0, 0.1) is 0 Å². The van der Waals surface area contributed by atoms with Crippen LogP contribution in [0.25, 0.3) is 0 Å². The number of nitrogens with zero attached hydrogens (tertiary/aromatic N) is 3. The Bertz CT molecular complexity index is 1240. The van der Waals surface area contributed by atoms with Crippen molar-refractivity contribution >= 4 is 33.2 Å². The van der Waals surface area contributed by atoms with Gasteiger partial charge in [-0.3, -0.25) is 9.59 Å². The van der Waals surface area contributed by atoms with Crippen LogP contribution in [0.1, 0.15) is 17.5 Å². The van der Waals surface area contributed by atoms with Crippen molar-refractivity contribution in [2.24, 2.45) is 0 Å². The highest BCUT2D eigenvalue weighted by molar-refractivity contribution is 7.89. The second kappa shape index (κ2) is 6.54. The van der Waals surface area contributed by atoms with Crippen LogP contribution in [-0.4, -0.2) is 58.8 Å². The zero-order valence-electron chi connectivity index (χ0n) is 17.6. The molecule has 5 rings (SSSR count). The average Bonchev–Trinajstić information content (AvgIpc) is 3.40. The number of anilines is 2. The zero-order chi connectivity index (χ0) is 22.1. The summed E-state index contributed by atoms with van der Waals surface area (Å²) in [6.45, 7) is 0.322. The van der Waals surface area contributed by atoms with Crippen molar-refractivity contribution in [2.75, 3.05) is 44.1 Å². The number of ether oxygens (including phenoxy) is 1. The summed E-state index contributed by atoms with van der Waals surface area (Å²) in [6.07, 6.45) is 0.595. The Labute approximate surface area is 181 Å². The lowest BCUT2D eigenvalue weighted by molar-refractivity contribution is -0.122. The molecule has 1 saturated heterocycles. The van der Waals surface area contributed by atoms with E-state index in [2.05, 4.69) is 0 Å². The third-order valence-electron chi connectivity index (χ3n) is 6.79. The molecule has 1 spiro atoms. The van der Waals surface area contributed by atoms with Gasteiger partial charge in [0.25, 0.3) is 0 Å². The number of benzene rings is 2. The minimum absolute atomic E-state index is 0.0604. The number of carbonyl (C=O) groups excluding carboxylic acids is 2. The Morgan fingerprint density at radius 3 is 2.48 bits per heavy atom. The molecule has 0 N–H and O–H groups in total. The standard InChI is InChI=1S/C22H23N3O5S/c1-23-18-7-5-16(10-14(18)11-20(23)26)31(28,29)25-9-8-22(13-25)17-12-15(30-3)4-6-19(17)24(2)21(22)27/h4-7,10,12H,8-9,11,13H2,1-3H3/t22-/m1/s1. The van der Waals surface area contributed by atoms with E-state index < -0.39 is 15.4 Å². The molecule has 9 heteroatoms. The highest BCUT2D eigenvalue weighted by Crippen LogP contribution is 2.49. The first-order valence-corrected chi connectivity index (χ1v) is 11.5. The lowest BCUT2D eigenvalue weighted by Gasteiger charge is -2.23. The third-order valence-corrected chi connectivity index (χ3v) is 8.64. The largest absolute Gasteiger partial charge is 0.497 e. The maximum Gasteiger partial charge on any atom is 0.243 e. The molecule has 0 saturated carbocycles. The Morgan fingerprint density at radius 2 is 1.74 bits per heavy atom. The first-order chi connectivity index (χ1) is 14.7. The summed E-state index contributed by atoms with van der Waals surface area (Å²) in [5.74, 6) is 0.472. The second-order valence-corrected chi connectivity index (χ2v) is 10.3. The smallest absolute Gasteiger partial charge is 0.243 e. The molecule has 31 heavy (non-hydrogen) atoms. The van der Waals surface area contributed by atoms with E-state index in [1.807, 2.05) is 12.1 Å².